The van der Waals surface area contributed by atoms with E-state index in [4.69, 9.17) is 4.74 Å². The van der Waals surface area contributed by atoms with Crippen molar-refractivity contribution in [2.75, 3.05) is 6.61 Å². The molecule has 1 aliphatic rings. The number of aromatic amines is 1. The van der Waals surface area contributed by atoms with E-state index in [0.29, 0.717) is 12.2 Å². The van der Waals surface area contributed by atoms with Crippen LogP contribution in [0, 0.1) is 0 Å². The van der Waals surface area contributed by atoms with Crippen molar-refractivity contribution in [3.63, 3.8) is 0 Å². The van der Waals surface area contributed by atoms with Gasteiger partial charge >= 0.3 is 0 Å². The van der Waals surface area contributed by atoms with Crippen molar-refractivity contribution in [2.45, 2.75) is 32.0 Å². The minimum absolute atomic E-state index is 0.00749. The molecule has 0 aromatic carbocycles. The Kier molecular flexibility index (Phi) is 3.56. The molecule has 106 valence electrons. The Hall–Kier alpha value is -2.08. The van der Waals surface area contributed by atoms with E-state index in [1.165, 1.54) is 0 Å². The third kappa shape index (κ3) is 2.46. The Morgan fingerprint density at radius 3 is 3.25 bits per heavy atom. The summed E-state index contributed by atoms with van der Waals surface area (Å²) in [4.78, 5) is 15.0. The van der Waals surface area contributed by atoms with Gasteiger partial charge in [0.2, 0.25) is 0 Å². The fraction of sp³-hybridized carbons (Fsp3) is 0.429. The first-order valence-corrected chi connectivity index (χ1v) is 6.85. The van der Waals surface area contributed by atoms with Gasteiger partial charge in [-0.1, -0.05) is 0 Å². The molecular weight excluding hydrogens is 256 g/mol. The highest BCUT2D eigenvalue weighted by molar-refractivity contribution is 5.94. The van der Waals surface area contributed by atoms with E-state index in [0.717, 1.165) is 18.5 Å². The summed E-state index contributed by atoms with van der Waals surface area (Å²) in [6.07, 6.45) is 7.93. The maximum absolute atomic E-state index is 12.1. The summed E-state index contributed by atoms with van der Waals surface area (Å²) in [6.45, 7) is 3.52. The first kappa shape index (κ1) is 12.9. The lowest BCUT2D eigenvalue weighted by Crippen LogP contribution is -2.36. The predicted octanol–water partition coefficient (Wildman–Crippen LogP) is 1.49. The molecule has 2 aromatic rings. The van der Waals surface area contributed by atoms with E-state index >= 15 is 0 Å². The fourth-order valence-electron chi connectivity index (χ4n) is 2.48. The average Bonchev–Trinajstić information content (AvgIpc) is 3.19. The number of hydrogen-bond donors (Lipinski definition) is 2. The summed E-state index contributed by atoms with van der Waals surface area (Å²) in [5, 5.41) is 7.30. The van der Waals surface area contributed by atoms with Gasteiger partial charge in [0, 0.05) is 37.3 Å². The van der Waals surface area contributed by atoms with Crippen LogP contribution in [-0.2, 0) is 11.3 Å². The lowest BCUT2D eigenvalue weighted by atomic mass is 10.1. The van der Waals surface area contributed by atoms with Crippen molar-refractivity contribution in [1.29, 1.82) is 0 Å². The van der Waals surface area contributed by atoms with E-state index in [1.807, 2.05) is 24.0 Å². The third-order valence-electron chi connectivity index (χ3n) is 3.57. The van der Waals surface area contributed by atoms with Gasteiger partial charge < -0.3 is 15.0 Å². The quantitative estimate of drug-likeness (QED) is 0.887. The van der Waals surface area contributed by atoms with Crippen LogP contribution >= 0.6 is 0 Å². The van der Waals surface area contributed by atoms with Crippen LogP contribution in [0.5, 0.6) is 0 Å². The van der Waals surface area contributed by atoms with Crippen LogP contribution in [0.2, 0.25) is 0 Å². The first-order chi connectivity index (χ1) is 9.78. The summed E-state index contributed by atoms with van der Waals surface area (Å²) in [5.41, 5.74) is 1.66. The van der Waals surface area contributed by atoms with Crippen LogP contribution < -0.4 is 5.32 Å². The van der Waals surface area contributed by atoms with E-state index in [2.05, 4.69) is 15.4 Å². The van der Waals surface area contributed by atoms with E-state index < -0.39 is 0 Å². The van der Waals surface area contributed by atoms with Crippen LogP contribution in [0.4, 0.5) is 0 Å². The molecule has 0 radical (unpaired) electrons. The Labute approximate surface area is 117 Å². The second-order valence-electron chi connectivity index (χ2n) is 4.89. The zero-order chi connectivity index (χ0) is 13.9. The van der Waals surface area contributed by atoms with Crippen LogP contribution in [-0.4, -0.2) is 33.3 Å². The minimum Gasteiger partial charge on any atom is -0.371 e. The van der Waals surface area contributed by atoms with Gasteiger partial charge in [-0.15, -0.1) is 0 Å². The molecule has 1 aliphatic heterocycles. The number of aryl methyl sites for hydroxylation is 1. The normalized spacial score (nSPS) is 22.1. The highest BCUT2D eigenvalue weighted by atomic mass is 16.5. The molecule has 0 bridgehead atoms. The van der Waals surface area contributed by atoms with Crippen LogP contribution in [0.3, 0.4) is 0 Å². The molecule has 3 heterocycles. The van der Waals surface area contributed by atoms with Crippen LogP contribution in [0.1, 0.15) is 35.4 Å². The average molecular weight is 274 g/mol. The molecule has 20 heavy (non-hydrogen) atoms. The number of nitrogens with one attached hydrogen (secondary N) is 2. The van der Waals surface area contributed by atoms with Crippen molar-refractivity contribution in [1.82, 2.24) is 20.1 Å². The highest BCUT2D eigenvalue weighted by Gasteiger charge is 2.32. The number of H-pyrrole nitrogens is 1. The molecule has 2 N–H and O–H groups in total. The molecule has 1 fully saturated rings. The van der Waals surface area contributed by atoms with Gasteiger partial charge in [-0.25, -0.2) is 0 Å². The number of amides is 1. The maximum Gasteiger partial charge on any atom is 0.253 e. The number of ether oxygens (including phenoxy) is 1. The summed E-state index contributed by atoms with van der Waals surface area (Å²) >= 11 is 0. The molecule has 0 saturated carbocycles. The summed E-state index contributed by atoms with van der Waals surface area (Å²) in [5.74, 6) is -0.0744. The molecule has 1 saturated heterocycles. The molecule has 1 amide bonds. The summed E-state index contributed by atoms with van der Waals surface area (Å²) in [6, 6.07) is 1.75. The molecule has 3 rings (SSSR count). The zero-order valence-electron chi connectivity index (χ0n) is 11.4. The van der Waals surface area contributed by atoms with Gasteiger partial charge in [0.25, 0.3) is 5.91 Å². The van der Waals surface area contributed by atoms with Gasteiger partial charge in [0.1, 0.15) is 6.10 Å². The van der Waals surface area contributed by atoms with Gasteiger partial charge in [0.15, 0.2) is 0 Å². The van der Waals surface area contributed by atoms with Gasteiger partial charge in [-0.2, -0.15) is 5.10 Å². The molecule has 6 heteroatoms. The van der Waals surface area contributed by atoms with E-state index in [1.54, 1.807) is 18.5 Å². The molecule has 2 atom stereocenters. The third-order valence-corrected chi connectivity index (χ3v) is 3.57. The lowest BCUT2D eigenvalue weighted by Gasteiger charge is -2.18. The van der Waals surface area contributed by atoms with Gasteiger partial charge in [-0.05, 0) is 19.4 Å². The van der Waals surface area contributed by atoms with Crippen LogP contribution in [0.25, 0.3) is 0 Å². The van der Waals surface area contributed by atoms with Crippen LogP contribution in [0.15, 0.2) is 30.9 Å². The number of rotatable bonds is 4. The maximum atomic E-state index is 12.1. The van der Waals surface area contributed by atoms with Gasteiger partial charge in [-0.3, -0.25) is 9.48 Å². The smallest absolute Gasteiger partial charge is 0.253 e. The number of carbonyl (C=O) groups is 1. The zero-order valence-corrected chi connectivity index (χ0v) is 11.4. The van der Waals surface area contributed by atoms with Crippen molar-refractivity contribution in [2.24, 2.45) is 0 Å². The molecular formula is C14H18N4O2. The molecule has 6 nitrogen and oxygen atoms in total. The monoisotopic (exact) mass is 274 g/mol. The number of aromatic nitrogens is 3. The number of carbonyl (C=O) groups excluding carboxylic acids is 1. The number of hydrogen-bond acceptors (Lipinski definition) is 3. The van der Waals surface area contributed by atoms with Crippen molar-refractivity contribution in [3.05, 3.63) is 42.0 Å². The topological polar surface area (TPSA) is 71.9 Å². The largest absolute Gasteiger partial charge is 0.371 e. The second kappa shape index (κ2) is 5.50. The molecule has 0 spiro atoms. The molecule has 0 aliphatic carbocycles. The van der Waals surface area contributed by atoms with E-state index in [-0.39, 0.29) is 18.1 Å². The number of nitrogens with zero attached hydrogens (tertiary/aromatic N) is 2. The summed E-state index contributed by atoms with van der Waals surface area (Å²) in [7, 11) is 0. The van der Waals surface area contributed by atoms with Crippen molar-refractivity contribution < 1.29 is 9.53 Å². The van der Waals surface area contributed by atoms with E-state index in [9.17, 15) is 4.79 Å². The Morgan fingerprint density at radius 2 is 2.55 bits per heavy atom. The Balaban J connectivity index is 1.71. The van der Waals surface area contributed by atoms with Gasteiger partial charge in [0.05, 0.1) is 17.8 Å². The molecule has 2 aromatic heterocycles. The first-order valence-electron chi connectivity index (χ1n) is 6.85. The SMILES string of the molecule is CCn1cc([C@H]2OCC[C@@H]2NC(=O)c2cc[nH]c2)cn1. The summed E-state index contributed by atoms with van der Waals surface area (Å²) < 4.78 is 7.61. The Bertz CT molecular complexity index is 576. The van der Waals surface area contributed by atoms with Crippen molar-refractivity contribution >= 4 is 5.91 Å². The predicted molar refractivity (Wildman–Crippen MR) is 73.3 cm³/mol. The molecule has 0 unspecified atom stereocenters. The van der Waals surface area contributed by atoms with Crippen molar-refractivity contribution in [3.8, 4) is 0 Å². The highest BCUT2D eigenvalue weighted by Crippen LogP contribution is 2.29. The lowest BCUT2D eigenvalue weighted by molar-refractivity contribution is 0.0821. The fourth-order valence-corrected chi connectivity index (χ4v) is 2.48. The minimum atomic E-state index is -0.113. The Morgan fingerprint density at radius 1 is 1.65 bits per heavy atom. The standard InChI is InChI=1S/C14H18N4O2/c1-2-18-9-11(8-16-18)13-12(4-6-20-13)17-14(19)10-3-5-15-7-10/h3,5,7-9,12-13,15H,2,4,6H2,1H3,(H,17,19)/t12-,13+/m0/s1. The second-order valence-corrected chi connectivity index (χ2v) is 4.89.